The number of benzene rings is 1. The number of piperazine rings is 1. The number of hydrogen-bond acceptors (Lipinski definition) is 3. The second kappa shape index (κ2) is 5.65. The number of carbonyl (C=O) groups is 1. The summed E-state index contributed by atoms with van der Waals surface area (Å²) in [5.41, 5.74) is 1.82. The molecule has 4 heteroatoms. The monoisotopic (exact) mass is 296 g/mol. The Morgan fingerprint density at radius 1 is 1.29 bits per heavy atom. The average molecular weight is 297 g/mol. The van der Waals surface area contributed by atoms with E-state index in [1.54, 1.807) is 0 Å². The second-order valence-electron chi connectivity index (χ2n) is 4.24. The van der Waals surface area contributed by atoms with Gasteiger partial charge in [-0.15, -0.1) is 0 Å². The summed E-state index contributed by atoms with van der Waals surface area (Å²) in [5, 5.41) is 0. The number of halogens is 1. The molecule has 2 rings (SSSR count). The molecule has 0 aromatic heterocycles. The van der Waals surface area contributed by atoms with Crippen LogP contribution >= 0.6 is 15.9 Å². The molecule has 92 valence electrons. The van der Waals surface area contributed by atoms with E-state index in [0.29, 0.717) is 0 Å². The SMILES string of the molecule is CCN1CCN(c2cc(Br)ccc2C=O)CC1. The smallest absolute Gasteiger partial charge is 0.152 e. The zero-order valence-electron chi connectivity index (χ0n) is 10.0. The molecule has 0 radical (unpaired) electrons. The van der Waals surface area contributed by atoms with Gasteiger partial charge in [0.1, 0.15) is 0 Å². The number of likely N-dealkylation sites (N-methyl/N-ethyl adjacent to an activating group) is 1. The maximum absolute atomic E-state index is 11.0. The number of aldehydes is 1. The highest BCUT2D eigenvalue weighted by Gasteiger charge is 2.18. The van der Waals surface area contributed by atoms with Crippen molar-refractivity contribution in [2.24, 2.45) is 0 Å². The third kappa shape index (κ3) is 2.87. The van der Waals surface area contributed by atoms with Gasteiger partial charge in [-0.1, -0.05) is 22.9 Å². The molecule has 0 spiro atoms. The number of nitrogens with zero attached hydrogens (tertiary/aromatic N) is 2. The van der Waals surface area contributed by atoms with Crippen LogP contribution in [0.2, 0.25) is 0 Å². The zero-order chi connectivity index (χ0) is 12.3. The number of rotatable bonds is 3. The van der Waals surface area contributed by atoms with Crippen molar-refractivity contribution in [1.82, 2.24) is 4.90 Å². The molecule has 1 heterocycles. The molecule has 17 heavy (non-hydrogen) atoms. The molecule has 0 aliphatic carbocycles. The Balaban J connectivity index is 2.17. The van der Waals surface area contributed by atoms with Crippen LogP contribution in [0.15, 0.2) is 22.7 Å². The molecule has 1 fully saturated rings. The van der Waals surface area contributed by atoms with Crippen molar-refractivity contribution in [3.8, 4) is 0 Å². The fourth-order valence-electron chi connectivity index (χ4n) is 2.20. The maximum atomic E-state index is 11.0. The van der Waals surface area contributed by atoms with Gasteiger partial charge >= 0.3 is 0 Å². The maximum Gasteiger partial charge on any atom is 0.152 e. The number of anilines is 1. The van der Waals surface area contributed by atoms with Crippen LogP contribution in [0, 0.1) is 0 Å². The van der Waals surface area contributed by atoms with E-state index in [1.165, 1.54) is 0 Å². The Hall–Kier alpha value is -0.870. The Morgan fingerprint density at radius 2 is 2.00 bits per heavy atom. The molecular formula is C13H17BrN2O. The van der Waals surface area contributed by atoms with Gasteiger partial charge in [-0.05, 0) is 24.7 Å². The lowest BCUT2D eigenvalue weighted by atomic mass is 10.1. The Bertz CT molecular complexity index is 400. The van der Waals surface area contributed by atoms with E-state index < -0.39 is 0 Å². The van der Waals surface area contributed by atoms with Crippen molar-refractivity contribution in [3.63, 3.8) is 0 Å². The van der Waals surface area contributed by atoms with Gasteiger partial charge in [-0.3, -0.25) is 4.79 Å². The summed E-state index contributed by atoms with van der Waals surface area (Å²) < 4.78 is 1.02. The fourth-order valence-corrected chi connectivity index (χ4v) is 2.54. The first kappa shape index (κ1) is 12.6. The van der Waals surface area contributed by atoms with Crippen LogP contribution in [-0.2, 0) is 0 Å². The van der Waals surface area contributed by atoms with E-state index in [0.717, 1.165) is 54.7 Å². The van der Waals surface area contributed by atoms with E-state index in [-0.39, 0.29) is 0 Å². The first-order valence-electron chi connectivity index (χ1n) is 5.96. The van der Waals surface area contributed by atoms with Crippen molar-refractivity contribution in [2.45, 2.75) is 6.92 Å². The van der Waals surface area contributed by atoms with Crippen LogP contribution in [0.4, 0.5) is 5.69 Å². The molecule has 0 bridgehead atoms. The highest BCUT2D eigenvalue weighted by molar-refractivity contribution is 9.10. The minimum atomic E-state index is 0.776. The zero-order valence-corrected chi connectivity index (χ0v) is 11.6. The van der Waals surface area contributed by atoms with E-state index in [1.807, 2.05) is 18.2 Å². The van der Waals surface area contributed by atoms with Gasteiger partial charge in [0.15, 0.2) is 6.29 Å². The van der Waals surface area contributed by atoms with Crippen LogP contribution < -0.4 is 4.90 Å². The van der Waals surface area contributed by atoms with Gasteiger partial charge in [0, 0.05) is 41.9 Å². The Morgan fingerprint density at radius 3 is 2.59 bits per heavy atom. The van der Waals surface area contributed by atoms with Gasteiger partial charge in [0.2, 0.25) is 0 Å². The first-order valence-corrected chi connectivity index (χ1v) is 6.76. The van der Waals surface area contributed by atoms with Crippen molar-refractivity contribution >= 4 is 27.9 Å². The first-order chi connectivity index (χ1) is 8.24. The summed E-state index contributed by atoms with van der Waals surface area (Å²) in [6, 6.07) is 5.82. The molecule has 1 aliphatic rings. The lowest BCUT2D eigenvalue weighted by molar-refractivity contribution is 0.112. The summed E-state index contributed by atoms with van der Waals surface area (Å²) in [4.78, 5) is 15.8. The largest absolute Gasteiger partial charge is 0.368 e. The van der Waals surface area contributed by atoms with Crippen LogP contribution in [-0.4, -0.2) is 43.9 Å². The molecule has 0 unspecified atom stereocenters. The third-order valence-corrected chi connectivity index (χ3v) is 3.77. The van der Waals surface area contributed by atoms with Crippen molar-refractivity contribution < 1.29 is 4.79 Å². The average Bonchev–Trinajstić information content (AvgIpc) is 2.39. The van der Waals surface area contributed by atoms with Gasteiger partial charge in [0.05, 0.1) is 0 Å². The highest BCUT2D eigenvalue weighted by Crippen LogP contribution is 2.25. The highest BCUT2D eigenvalue weighted by atomic mass is 79.9. The molecule has 1 aromatic rings. The molecule has 3 nitrogen and oxygen atoms in total. The minimum Gasteiger partial charge on any atom is -0.368 e. The molecule has 0 amide bonds. The van der Waals surface area contributed by atoms with Gasteiger partial charge in [-0.2, -0.15) is 0 Å². The van der Waals surface area contributed by atoms with Gasteiger partial charge in [0.25, 0.3) is 0 Å². The van der Waals surface area contributed by atoms with Crippen molar-refractivity contribution in [3.05, 3.63) is 28.2 Å². The van der Waals surface area contributed by atoms with E-state index in [4.69, 9.17) is 0 Å². The lowest BCUT2D eigenvalue weighted by Crippen LogP contribution is -2.46. The van der Waals surface area contributed by atoms with Crippen LogP contribution in [0.1, 0.15) is 17.3 Å². The van der Waals surface area contributed by atoms with Gasteiger partial charge in [-0.25, -0.2) is 0 Å². The molecule has 0 saturated carbocycles. The predicted molar refractivity (Wildman–Crippen MR) is 73.9 cm³/mol. The molecule has 0 N–H and O–H groups in total. The topological polar surface area (TPSA) is 23.6 Å². The summed E-state index contributed by atoms with van der Waals surface area (Å²) in [6.45, 7) is 7.41. The molecular weight excluding hydrogens is 280 g/mol. The van der Waals surface area contributed by atoms with E-state index in [2.05, 4.69) is 32.7 Å². The summed E-state index contributed by atoms with van der Waals surface area (Å²) in [7, 11) is 0. The predicted octanol–water partition coefficient (Wildman–Crippen LogP) is 2.40. The second-order valence-corrected chi connectivity index (χ2v) is 5.16. The molecule has 1 aliphatic heterocycles. The van der Waals surface area contributed by atoms with Crippen LogP contribution in [0.5, 0.6) is 0 Å². The van der Waals surface area contributed by atoms with Gasteiger partial charge < -0.3 is 9.80 Å². The van der Waals surface area contributed by atoms with E-state index in [9.17, 15) is 4.79 Å². The Kier molecular flexibility index (Phi) is 4.18. The third-order valence-electron chi connectivity index (χ3n) is 3.28. The summed E-state index contributed by atoms with van der Waals surface area (Å²) in [6.07, 6.45) is 0.938. The normalized spacial score (nSPS) is 17.2. The molecule has 1 aromatic carbocycles. The Labute approximate surface area is 111 Å². The van der Waals surface area contributed by atoms with E-state index >= 15 is 0 Å². The van der Waals surface area contributed by atoms with Crippen LogP contribution in [0.3, 0.4) is 0 Å². The quantitative estimate of drug-likeness (QED) is 0.801. The number of hydrogen-bond donors (Lipinski definition) is 0. The molecule has 0 atom stereocenters. The standard InChI is InChI=1S/C13H17BrN2O/c1-2-15-5-7-16(8-6-15)13-9-12(14)4-3-11(13)10-17/h3-4,9-10H,2,5-8H2,1H3. The summed E-state index contributed by atoms with van der Waals surface area (Å²) >= 11 is 3.46. The van der Waals surface area contributed by atoms with Crippen molar-refractivity contribution in [2.75, 3.05) is 37.6 Å². The minimum absolute atomic E-state index is 0.776. The summed E-state index contributed by atoms with van der Waals surface area (Å²) in [5.74, 6) is 0. The fraction of sp³-hybridized carbons (Fsp3) is 0.462. The molecule has 1 saturated heterocycles. The van der Waals surface area contributed by atoms with Crippen molar-refractivity contribution in [1.29, 1.82) is 0 Å². The lowest BCUT2D eigenvalue weighted by Gasteiger charge is -2.36. The van der Waals surface area contributed by atoms with Crippen LogP contribution in [0.25, 0.3) is 0 Å². The number of carbonyl (C=O) groups excluding carboxylic acids is 1.